The van der Waals surface area contributed by atoms with Gasteiger partial charge in [-0.25, -0.2) is 9.37 Å². The fourth-order valence-corrected chi connectivity index (χ4v) is 2.93. The summed E-state index contributed by atoms with van der Waals surface area (Å²) >= 11 is 0. The number of rotatable bonds is 6. The zero-order valence-electron chi connectivity index (χ0n) is 14.5. The van der Waals surface area contributed by atoms with E-state index in [0.717, 1.165) is 24.5 Å². The lowest BCUT2D eigenvalue weighted by Gasteiger charge is -2.19. The Labute approximate surface area is 150 Å². The summed E-state index contributed by atoms with van der Waals surface area (Å²) in [6.07, 6.45) is 3.03. The standard InChI is InChI=1S/C20H20FN3O2/c1-2-6-17(14-7-4-3-5-8-14)23-19(25)12-24-13-22-18-10-9-15(21)11-16(18)20(24)26/h3-5,7-11,13,17H,2,6,12H2,1H3,(H,23,25). The molecule has 2 aromatic carbocycles. The normalized spacial score (nSPS) is 12.1. The maximum absolute atomic E-state index is 13.4. The first-order chi connectivity index (χ1) is 12.6. The Morgan fingerprint density at radius 1 is 1.23 bits per heavy atom. The summed E-state index contributed by atoms with van der Waals surface area (Å²) in [5.41, 5.74) is 0.992. The predicted molar refractivity (Wildman–Crippen MR) is 98.2 cm³/mol. The minimum Gasteiger partial charge on any atom is -0.348 e. The molecule has 0 aliphatic heterocycles. The molecule has 5 nitrogen and oxygen atoms in total. The van der Waals surface area contributed by atoms with Crippen LogP contribution in [-0.2, 0) is 11.3 Å². The van der Waals surface area contributed by atoms with Crippen LogP contribution in [-0.4, -0.2) is 15.5 Å². The number of hydrogen-bond donors (Lipinski definition) is 1. The third kappa shape index (κ3) is 3.96. The molecule has 0 aliphatic carbocycles. The van der Waals surface area contributed by atoms with Gasteiger partial charge in [-0.15, -0.1) is 0 Å². The molecular weight excluding hydrogens is 333 g/mol. The van der Waals surface area contributed by atoms with Gasteiger partial charge in [0, 0.05) is 0 Å². The van der Waals surface area contributed by atoms with E-state index in [9.17, 15) is 14.0 Å². The molecule has 0 aliphatic rings. The van der Waals surface area contributed by atoms with Crippen LogP contribution in [0.3, 0.4) is 0 Å². The number of nitrogens with zero attached hydrogens (tertiary/aromatic N) is 2. The Kier molecular flexibility index (Phi) is 5.41. The minimum atomic E-state index is -0.509. The van der Waals surface area contributed by atoms with E-state index in [1.165, 1.54) is 23.0 Å². The summed E-state index contributed by atoms with van der Waals surface area (Å²) < 4.78 is 14.6. The Morgan fingerprint density at radius 2 is 2.00 bits per heavy atom. The van der Waals surface area contributed by atoms with Gasteiger partial charge in [-0.05, 0) is 30.2 Å². The number of benzene rings is 2. The summed E-state index contributed by atoms with van der Waals surface area (Å²) in [6.45, 7) is 1.89. The number of fused-ring (bicyclic) bond motifs is 1. The molecule has 3 aromatic rings. The van der Waals surface area contributed by atoms with Gasteiger partial charge in [-0.1, -0.05) is 43.7 Å². The highest BCUT2D eigenvalue weighted by molar-refractivity contribution is 5.79. The van der Waals surface area contributed by atoms with E-state index in [2.05, 4.69) is 10.3 Å². The van der Waals surface area contributed by atoms with Crippen molar-refractivity contribution in [2.75, 3.05) is 0 Å². The lowest BCUT2D eigenvalue weighted by atomic mass is 10.0. The summed E-state index contributed by atoms with van der Waals surface area (Å²) in [4.78, 5) is 29.1. The van der Waals surface area contributed by atoms with Gasteiger partial charge in [-0.2, -0.15) is 0 Å². The van der Waals surface area contributed by atoms with Crippen molar-refractivity contribution in [2.24, 2.45) is 0 Å². The van der Waals surface area contributed by atoms with E-state index in [4.69, 9.17) is 0 Å². The van der Waals surface area contributed by atoms with Crippen LogP contribution in [0.2, 0.25) is 0 Å². The van der Waals surface area contributed by atoms with Crippen molar-refractivity contribution in [2.45, 2.75) is 32.4 Å². The van der Waals surface area contributed by atoms with Crippen LogP contribution in [0.25, 0.3) is 10.9 Å². The van der Waals surface area contributed by atoms with Gasteiger partial charge in [-0.3, -0.25) is 14.2 Å². The van der Waals surface area contributed by atoms with Crippen LogP contribution in [0.4, 0.5) is 4.39 Å². The highest BCUT2D eigenvalue weighted by Gasteiger charge is 2.15. The number of carbonyl (C=O) groups is 1. The molecule has 0 radical (unpaired) electrons. The Bertz CT molecular complexity index is 970. The van der Waals surface area contributed by atoms with Crippen molar-refractivity contribution in [1.29, 1.82) is 0 Å². The average molecular weight is 353 g/mol. The van der Waals surface area contributed by atoms with Gasteiger partial charge in [0.15, 0.2) is 0 Å². The maximum atomic E-state index is 13.4. The van der Waals surface area contributed by atoms with E-state index >= 15 is 0 Å². The number of carbonyl (C=O) groups excluding carboxylic acids is 1. The van der Waals surface area contributed by atoms with Crippen LogP contribution in [0.1, 0.15) is 31.4 Å². The molecule has 0 saturated heterocycles. The Hall–Kier alpha value is -3.02. The largest absolute Gasteiger partial charge is 0.348 e. The summed E-state index contributed by atoms with van der Waals surface area (Å²) in [6, 6.07) is 13.4. The van der Waals surface area contributed by atoms with Gasteiger partial charge < -0.3 is 5.32 Å². The molecule has 1 atom stereocenters. The molecule has 134 valence electrons. The first kappa shape index (κ1) is 17.8. The summed E-state index contributed by atoms with van der Waals surface area (Å²) in [7, 11) is 0. The molecule has 1 N–H and O–H groups in total. The lowest BCUT2D eigenvalue weighted by Crippen LogP contribution is -2.34. The highest BCUT2D eigenvalue weighted by atomic mass is 19.1. The number of aromatic nitrogens is 2. The predicted octanol–water partition coefficient (Wildman–Crippen LogP) is 3.19. The van der Waals surface area contributed by atoms with Crippen molar-refractivity contribution < 1.29 is 9.18 Å². The molecule has 1 amide bonds. The fraction of sp³-hybridized carbons (Fsp3) is 0.250. The topological polar surface area (TPSA) is 64.0 Å². The van der Waals surface area contributed by atoms with Crippen LogP contribution < -0.4 is 10.9 Å². The quantitative estimate of drug-likeness (QED) is 0.740. The van der Waals surface area contributed by atoms with E-state index in [1.807, 2.05) is 37.3 Å². The molecular formula is C20H20FN3O2. The van der Waals surface area contributed by atoms with Gasteiger partial charge in [0.25, 0.3) is 5.56 Å². The third-order valence-electron chi connectivity index (χ3n) is 4.21. The van der Waals surface area contributed by atoms with Crippen molar-refractivity contribution in [3.05, 3.63) is 76.6 Å². The molecule has 0 spiro atoms. The molecule has 26 heavy (non-hydrogen) atoms. The molecule has 1 heterocycles. The molecule has 0 bridgehead atoms. The second-order valence-electron chi connectivity index (χ2n) is 6.16. The first-order valence-electron chi connectivity index (χ1n) is 8.57. The molecule has 3 rings (SSSR count). The number of hydrogen-bond acceptors (Lipinski definition) is 3. The monoisotopic (exact) mass is 353 g/mol. The van der Waals surface area contributed by atoms with Gasteiger partial charge >= 0.3 is 0 Å². The smallest absolute Gasteiger partial charge is 0.261 e. The van der Waals surface area contributed by atoms with E-state index in [0.29, 0.717) is 5.52 Å². The van der Waals surface area contributed by atoms with Crippen LogP contribution in [0.15, 0.2) is 59.7 Å². The van der Waals surface area contributed by atoms with Crippen LogP contribution in [0, 0.1) is 5.82 Å². The average Bonchev–Trinajstić information content (AvgIpc) is 2.65. The van der Waals surface area contributed by atoms with E-state index in [1.54, 1.807) is 0 Å². The number of amides is 1. The van der Waals surface area contributed by atoms with Crippen LogP contribution >= 0.6 is 0 Å². The zero-order chi connectivity index (χ0) is 18.5. The molecule has 0 fully saturated rings. The van der Waals surface area contributed by atoms with Crippen molar-refractivity contribution >= 4 is 16.8 Å². The molecule has 1 unspecified atom stereocenters. The van der Waals surface area contributed by atoms with E-state index < -0.39 is 11.4 Å². The zero-order valence-corrected chi connectivity index (χ0v) is 14.5. The Morgan fingerprint density at radius 3 is 2.73 bits per heavy atom. The summed E-state index contributed by atoms with van der Waals surface area (Å²) in [5.74, 6) is -0.794. The SMILES string of the molecule is CCCC(NC(=O)Cn1cnc2ccc(F)cc2c1=O)c1ccccc1. The van der Waals surface area contributed by atoms with Gasteiger partial charge in [0.05, 0.1) is 23.3 Å². The molecule has 0 saturated carbocycles. The van der Waals surface area contributed by atoms with Gasteiger partial charge in [0.2, 0.25) is 5.91 Å². The van der Waals surface area contributed by atoms with Crippen LogP contribution in [0.5, 0.6) is 0 Å². The lowest BCUT2D eigenvalue weighted by molar-refractivity contribution is -0.122. The van der Waals surface area contributed by atoms with Gasteiger partial charge in [0.1, 0.15) is 12.4 Å². The maximum Gasteiger partial charge on any atom is 0.261 e. The Balaban J connectivity index is 1.80. The number of halogens is 1. The third-order valence-corrected chi connectivity index (χ3v) is 4.21. The number of nitrogens with one attached hydrogen (secondary N) is 1. The van der Waals surface area contributed by atoms with E-state index in [-0.39, 0.29) is 23.9 Å². The summed E-state index contributed by atoms with van der Waals surface area (Å²) in [5, 5.41) is 3.13. The molecule has 1 aromatic heterocycles. The minimum absolute atomic E-state index is 0.115. The second kappa shape index (κ2) is 7.91. The highest BCUT2D eigenvalue weighted by Crippen LogP contribution is 2.18. The molecule has 6 heteroatoms. The fourth-order valence-electron chi connectivity index (χ4n) is 2.93. The van der Waals surface area contributed by atoms with Crippen molar-refractivity contribution in [3.8, 4) is 0 Å². The first-order valence-corrected chi connectivity index (χ1v) is 8.57. The second-order valence-corrected chi connectivity index (χ2v) is 6.16. The van der Waals surface area contributed by atoms with Crippen molar-refractivity contribution in [3.63, 3.8) is 0 Å². The van der Waals surface area contributed by atoms with Crippen molar-refractivity contribution in [1.82, 2.24) is 14.9 Å².